The summed E-state index contributed by atoms with van der Waals surface area (Å²) in [7, 11) is 0. The summed E-state index contributed by atoms with van der Waals surface area (Å²) in [6.07, 6.45) is 7.92. The van der Waals surface area contributed by atoms with Crippen LogP contribution in [0, 0.1) is 11.8 Å². The van der Waals surface area contributed by atoms with E-state index in [1.54, 1.807) is 30.5 Å². The highest BCUT2D eigenvalue weighted by atomic mass is 16.8. The summed E-state index contributed by atoms with van der Waals surface area (Å²) in [6.45, 7) is -0.912. The number of amides is 1. The average molecular weight is 950 g/mol. The third-order valence-electron chi connectivity index (χ3n) is 16.3. The van der Waals surface area contributed by atoms with Crippen molar-refractivity contribution >= 4 is 23.6 Å². The topological polar surface area (TPSA) is 287 Å². The molecule has 11 N–H and O–H groups in total. The Labute approximate surface area is 397 Å². The highest BCUT2D eigenvalue weighted by Crippen LogP contribution is 2.69. The highest BCUT2D eigenvalue weighted by molar-refractivity contribution is 6.13. The number of nitrogens with one attached hydrogen (secondary N) is 1. The van der Waals surface area contributed by atoms with Gasteiger partial charge in [0.25, 0.3) is 5.91 Å². The molecule has 6 aliphatic rings. The van der Waals surface area contributed by atoms with Crippen LogP contribution in [0.1, 0.15) is 110 Å². The number of allylic oxidation sites excluding steroid dienone is 1. The summed E-state index contributed by atoms with van der Waals surface area (Å²) < 4.78 is 11.1. The van der Waals surface area contributed by atoms with Gasteiger partial charge in [-0.3, -0.25) is 9.69 Å². The number of aromatic amines is 1. The summed E-state index contributed by atoms with van der Waals surface area (Å²) in [6, 6.07) is 12.7. The summed E-state index contributed by atoms with van der Waals surface area (Å²) in [5.74, 6) is -8.34. The molecular weight excluding hydrogens is 891 g/mol. The minimum atomic E-state index is -3.17. The standard InChI is InChI=1S/C52H59N3O14/c56-26-40-45(61)46(62)47(63)52(67,69-40)68-39-23-35-34(22-38(39)59)44-43(50-18-2-1-7-32(50)12-11-29-6-5-8-37(58)42(29)50)30(15-19-49(66)16-3-4-17-49)24-51(44,48(64)65)55(35)41(60)14-10-28-9-13-36(57)31(20-28)21-33-25-53-27-54-33/h5-6,8-10,13-14,20,22-25,27,32,40,43-47,56-59,61-63,66-67H,1-4,7,11-12,15-19,21,26H2,(H,53,54)(H,64,65)/b14-10+/t32-,40-,43+,44+,45-,46+,47-,50+,51-,52+/m1/s1. The second kappa shape index (κ2) is 17.6. The predicted octanol–water partition coefficient (Wildman–Crippen LogP) is 4.30. The number of anilines is 1. The quantitative estimate of drug-likeness (QED) is 0.0537. The Morgan fingerprint density at radius 3 is 2.43 bits per heavy atom. The van der Waals surface area contributed by atoms with E-state index in [2.05, 4.69) is 9.97 Å². The average Bonchev–Trinajstić information content (AvgIpc) is 4.14. The van der Waals surface area contributed by atoms with Crippen LogP contribution in [0.3, 0.4) is 0 Å². The van der Waals surface area contributed by atoms with Crippen molar-refractivity contribution in [3.63, 3.8) is 0 Å². The molecule has 4 aliphatic carbocycles. The number of carbonyl (C=O) groups excluding carboxylic acids is 1. The maximum atomic E-state index is 15.3. The molecule has 1 saturated heterocycles. The van der Waals surface area contributed by atoms with Crippen molar-refractivity contribution < 1.29 is 70.1 Å². The van der Waals surface area contributed by atoms with Crippen LogP contribution in [0.2, 0.25) is 0 Å². The van der Waals surface area contributed by atoms with Crippen molar-refractivity contribution in [3.8, 4) is 23.0 Å². The second-order valence-electron chi connectivity index (χ2n) is 20.1. The van der Waals surface area contributed by atoms with Gasteiger partial charge in [-0.1, -0.05) is 49.5 Å². The number of hydrogen-bond donors (Lipinski definition) is 11. The van der Waals surface area contributed by atoms with Gasteiger partial charge in [0.15, 0.2) is 23.1 Å². The number of phenols is 3. The van der Waals surface area contributed by atoms with Crippen molar-refractivity contribution in [1.29, 1.82) is 0 Å². The number of H-pyrrole nitrogens is 1. The summed E-state index contributed by atoms with van der Waals surface area (Å²) in [5, 5.41) is 112. The Hall–Kier alpha value is -5.79. The zero-order chi connectivity index (χ0) is 48.6. The molecule has 4 aromatic rings. The number of aliphatic hydroxyl groups excluding tert-OH is 4. The van der Waals surface area contributed by atoms with Gasteiger partial charge in [-0.15, -0.1) is 0 Å². The molecule has 0 bridgehead atoms. The highest BCUT2D eigenvalue weighted by Gasteiger charge is 2.69. The third kappa shape index (κ3) is 7.60. The number of imidazole rings is 1. The number of carbonyl (C=O) groups is 2. The van der Waals surface area contributed by atoms with Gasteiger partial charge in [0.05, 0.1) is 24.2 Å². The largest absolute Gasteiger partial charge is 0.508 e. The van der Waals surface area contributed by atoms with Crippen molar-refractivity contribution in [1.82, 2.24) is 9.97 Å². The van der Waals surface area contributed by atoms with E-state index in [0.717, 1.165) is 71.9 Å². The number of aliphatic hydroxyl groups is 6. The number of nitrogens with zero attached hydrogens (tertiary/aromatic N) is 2. The van der Waals surface area contributed by atoms with Crippen LogP contribution >= 0.6 is 0 Å². The lowest BCUT2D eigenvalue weighted by Crippen LogP contribution is -2.67. The third-order valence-corrected chi connectivity index (χ3v) is 16.3. The first-order valence-electron chi connectivity index (χ1n) is 23.9. The fourth-order valence-corrected chi connectivity index (χ4v) is 13.2. The number of aromatic hydroxyl groups is 3. The van der Waals surface area contributed by atoms with Crippen LogP contribution in [0.25, 0.3) is 6.08 Å². The number of phenolic OH excluding ortho intramolecular Hbond substituents is 3. The molecule has 69 heavy (non-hydrogen) atoms. The molecular formula is C52H59N3O14. The van der Waals surface area contributed by atoms with Gasteiger partial charge in [-0.2, -0.15) is 0 Å². The molecule has 1 aromatic heterocycles. The van der Waals surface area contributed by atoms with E-state index in [-0.39, 0.29) is 28.7 Å². The first kappa shape index (κ1) is 46.9. The van der Waals surface area contributed by atoms with Gasteiger partial charge in [-0.25, -0.2) is 9.78 Å². The molecule has 2 aliphatic heterocycles. The Bertz CT molecular complexity index is 2700. The lowest BCUT2D eigenvalue weighted by Gasteiger charge is -2.55. The van der Waals surface area contributed by atoms with E-state index in [1.165, 1.54) is 30.6 Å². The number of ether oxygens (including phenoxy) is 2. The number of aliphatic carboxylic acids is 1. The zero-order valence-corrected chi connectivity index (χ0v) is 37.9. The maximum absolute atomic E-state index is 15.3. The Balaban J connectivity index is 1.16. The van der Waals surface area contributed by atoms with Crippen molar-refractivity contribution in [2.24, 2.45) is 11.8 Å². The Morgan fingerprint density at radius 2 is 1.70 bits per heavy atom. The maximum Gasteiger partial charge on any atom is 0.355 e. The molecule has 366 valence electrons. The van der Waals surface area contributed by atoms with Gasteiger partial charge in [0, 0.05) is 58.8 Å². The molecule has 1 amide bonds. The lowest BCUT2D eigenvalue weighted by atomic mass is 9.48. The van der Waals surface area contributed by atoms with Gasteiger partial charge in [-0.05, 0) is 110 Å². The molecule has 3 fully saturated rings. The van der Waals surface area contributed by atoms with Gasteiger partial charge < -0.3 is 65.5 Å². The van der Waals surface area contributed by atoms with Crippen molar-refractivity contribution in [3.05, 3.63) is 112 Å². The minimum absolute atomic E-state index is 0.00949. The number of carboxylic acid groups (broad SMARTS) is 1. The predicted molar refractivity (Wildman–Crippen MR) is 247 cm³/mol. The molecule has 17 nitrogen and oxygen atoms in total. The van der Waals surface area contributed by atoms with E-state index in [1.807, 2.05) is 12.1 Å². The zero-order valence-electron chi connectivity index (χ0n) is 37.9. The van der Waals surface area contributed by atoms with E-state index in [4.69, 9.17) is 9.47 Å². The molecule has 10 atom stereocenters. The molecule has 0 radical (unpaired) electrons. The monoisotopic (exact) mass is 949 g/mol. The number of aryl methyl sites for hydroxylation is 1. The van der Waals surface area contributed by atoms with Gasteiger partial charge >= 0.3 is 11.9 Å². The van der Waals surface area contributed by atoms with Crippen LogP contribution in [0.5, 0.6) is 23.0 Å². The summed E-state index contributed by atoms with van der Waals surface area (Å²) in [4.78, 5) is 38.3. The van der Waals surface area contributed by atoms with E-state index < -0.39 is 88.8 Å². The van der Waals surface area contributed by atoms with Crippen LogP contribution in [-0.4, -0.2) is 121 Å². The SMILES string of the molecule is O=C(/C=C/c1ccc(O)c(Cc2cnc[nH]2)c1)N1c2cc(O[C@]3(O)O[C@H](CO)[C@@H](O)[C@H](O)[C@H]3O)c(O)cc2[C@H]2[C@@H]([C@@]34CCCC[C@@H]3CCc3cccc(O)c34)C(CCC3(O)CCCC3)=C[C@]21C(=O)O. The van der Waals surface area contributed by atoms with Crippen molar-refractivity contribution in [2.45, 2.75) is 136 Å². The number of aromatic nitrogens is 2. The Morgan fingerprint density at radius 1 is 0.913 bits per heavy atom. The first-order chi connectivity index (χ1) is 33.0. The molecule has 2 saturated carbocycles. The molecule has 0 spiro atoms. The van der Waals surface area contributed by atoms with E-state index in [9.17, 15) is 55.9 Å². The number of hydrogen-bond acceptors (Lipinski definition) is 14. The lowest BCUT2D eigenvalue weighted by molar-refractivity contribution is -0.422. The van der Waals surface area contributed by atoms with Crippen LogP contribution in [-0.2, 0) is 32.6 Å². The molecule has 3 aromatic carbocycles. The molecule has 10 rings (SSSR count). The smallest absolute Gasteiger partial charge is 0.355 e. The summed E-state index contributed by atoms with van der Waals surface area (Å²) >= 11 is 0. The number of carboxylic acids is 1. The van der Waals surface area contributed by atoms with Gasteiger partial charge in [0.2, 0.25) is 0 Å². The number of fused-ring (bicyclic) bond motifs is 6. The summed E-state index contributed by atoms with van der Waals surface area (Å²) in [5.41, 5.74) is 0.348. The van der Waals surface area contributed by atoms with Crippen LogP contribution in [0.4, 0.5) is 5.69 Å². The normalized spacial score (nSPS) is 32.3. The van der Waals surface area contributed by atoms with Crippen LogP contribution in [0.15, 0.2) is 78.8 Å². The number of rotatable bonds is 12. The minimum Gasteiger partial charge on any atom is -0.508 e. The second-order valence-corrected chi connectivity index (χ2v) is 20.1. The molecule has 17 heteroatoms. The van der Waals surface area contributed by atoms with E-state index >= 15 is 4.79 Å². The molecule has 0 unspecified atom stereocenters. The molecule has 3 heterocycles. The fraction of sp³-hybridized carbons (Fsp3) is 0.481. The van der Waals surface area contributed by atoms with E-state index in [0.29, 0.717) is 56.1 Å². The van der Waals surface area contributed by atoms with Crippen LogP contribution < -0.4 is 9.64 Å². The Kier molecular flexibility index (Phi) is 11.9. The number of benzene rings is 3. The first-order valence-corrected chi connectivity index (χ1v) is 23.9. The van der Waals surface area contributed by atoms with Gasteiger partial charge in [0.1, 0.15) is 29.8 Å². The fourth-order valence-electron chi connectivity index (χ4n) is 13.2. The van der Waals surface area contributed by atoms with Crippen molar-refractivity contribution in [2.75, 3.05) is 11.5 Å².